The molecule has 1 amide bonds. The van der Waals surface area contributed by atoms with Gasteiger partial charge in [-0.3, -0.25) is 9.59 Å². The molecule has 126 valence electrons. The highest BCUT2D eigenvalue weighted by atomic mass is 16.5. The van der Waals surface area contributed by atoms with E-state index in [2.05, 4.69) is 0 Å². The number of hydrogen-bond donors (Lipinski definition) is 0. The maximum Gasteiger partial charge on any atom is 0.261 e. The number of benzene rings is 2. The van der Waals surface area contributed by atoms with Gasteiger partial charge in [-0.05, 0) is 50.6 Å². The van der Waals surface area contributed by atoms with Gasteiger partial charge in [0.2, 0.25) is 0 Å². The molecule has 0 heterocycles. The van der Waals surface area contributed by atoms with Crippen molar-refractivity contribution in [2.75, 3.05) is 6.61 Å². The molecule has 0 saturated carbocycles. The average Bonchev–Trinajstić information content (AvgIpc) is 2.58. The van der Waals surface area contributed by atoms with E-state index < -0.39 is 0 Å². The van der Waals surface area contributed by atoms with Crippen LogP contribution in [0.4, 0.5) is 0 Å². The fourth-order valence-electron chi connectivity index (χ4n) is 2.33. The van der Waals surface area contributed by atoms with Gasteiger partial charge in [0.05, 0.1) is 0 Å². The summed E-state index contributed by atoms with van der Waals surface area (Å²) in [5.41, 5.74) is 1.35. The van der Waals surface area contributed by atoms with E-state index in [0.29, 0.717) is 17.9 Å². The summed E-state index contributed by atoms with van der Waals surface area (Å²) in [6, 6.07) is 16.6. The number of aldehydes is 1. The van der Waals surface area contributed by atoms with Gasteiger partial charge >= 0.3 is 0 Å². The molecule has 0 fully saturated rings. The van der Waals surface area contributed by atoms with Crippen molar-refractivity contribution in [1.29, 1.82) is 0 Å². The zero-order valence-corrected chi connectivity index (χ0v) is 14.4. The van der Waals surface area contributed by atoms with E-state index in [1.54, 1.807) is 24.3 Å². The summed E-state index contributed by atoms with van der Waals surface area (Å²) >= 11 is 0. The molecule has 4 heteroatoms. The molecule has 0 aliphatic heterocycles. The summed E-state index contributed by atoms with van der Waals surface area (Å²) < 4.78 is 5.57. The molecule has 0 radical (unpaired) electrons. The smallest absolute Gasteiger partial charge is 0.261 e. The number of amides is 1. The first-order chi connectivity index (χ1) is 11.4. The van der Waals surface area contributed by atoms with Gasteiger partial charge in [-0.2, -0.15) is 0 Å². The summed E-state index contributed by atoms with van der Waals surface area (Å²) in [4.78, 5) is 25.1. The molecule has 0 aliphatic rings. The van der Waals surface area contributed by atoms with E-state index in [-0.39, 0.29) is 18.1 Å². The predicted molar refractivity (Wildman–Crippen MR) is 94.1 cm³/mol. The normalized spacial score (nSPS) is 11.0. The standard InChI is InChI=1S/C20H23NO3/c1-20(2,3)21(13-16-7-5-4-6-8-16)19(23)15-24-18-11-9-17(14-22)10-12-18/h4-12,14H,13,15H2,1-3H3. The lowest BCUT2D eigenvalue weighted by Gasteiger charge is -2.35. The second-order valence-corrected chi connectivity index (χ2v) is 6.61. The molecule has 0 unspecified atom stereocenters. The molecule has 0 aliphatic carbocycles. The maximum absolute atomic E-state index is 12.6. The molecule has 0 bridgehead atoms. The number of rotatable bonds is 6. The van der Waals surface area contributed by atoms with Crippen molar-refractivity contribution in [3.8, 4) is 5.75 Å². The van der Waals surface area contributed by atoms with Crippen LogP contribution in [0, 0.1) is 0 Å². The van der Waals surface area contributed by atoms with E-state index in [1.807, 2.05) is 56.0 Å². The highest BCUT2D eigenvalue weighted by Crippen LogP contribution is 2.18. The Bertz CT molecular complexity index is 672. The lowest BCUT2D eigenvalue weighted by molar-refractivity contribution is -0.139. The summed E-state index contributed by atoms with van der Waals surface area (Å²) in [6.07, 6.45) is 0.774. The van der Waals surface area contributed by atoms with Crippen molar-refractivity contribution >= 4 is 12.2 Å². The van der Waals surface area contributed by atoms with Crippen molar-refractivity contribution in [1.82, 2.24) is 4.90 Å². The van der Waals surface area contributed by atoms with Crippen LogP contribution in [0.5, 0.6) is 5.75 Å². The Balaban J connectivity index is 2.03. The Kier molecular flexibility index (Phi) is 5.74. The minimum absolute atomic E-state index is 0.0372. The van der Waals surface area contributed by atoms with Crippen LogP contribution in [-0.2, 0) is 11.3 Å². The van der Waals surface area contributed by atoms with Crippen LogP contribution in [0.2, 0.25) is 0 Å². The molecule has 2 aromatic carbocycles. The van der Waals surface area contributed by atoms with E-state index >= 15 is 0 Å². The van der Waals surface area contributed by atoms with E-state index in [4.69, 9.17) is 4.74 Å². The van der Waals surface area contributed by atoms with Crippen LogP contribution in [0.25, 0.3) is 0 Å². The molecule has 2 aromatic rings. The van der Waals surface area contributed by atoms with Crippen LogP contribution < -0.4 is 4.74 Å². The van der Waals surface area contributed by atoms with Crippen LogP contribution in [0.15, 0.2) is 54.6 Å². The van der Waals surface area contributed by atoms with Gasteiger partial charge in [0.25, 0.3) is 5.91 Å². The topological polar surface area (TPSA) is 46.6 Å². The van der Waals surface area contributed by atoms with Crippen molar-refractivity contribution < 1.29 is 14.3 Å². The van der Waals surface area contributed by atoms with Gasteiger partial charge < -0.3 is 9.64 Å². The number of hydrogen-bond acceptors (Lipinski definition) is 3. The lowest BCUT2D eigenvalue weighted by atomic mass is 10.0. The number of ether oxygens (including phenoxy) is 1. The quantitative estimate of drug-likeness (QED) is 0.761. The zero-order valence-electron chi connectivity index (χ0n) is 14.4. The fourth-order valence-corrected chi connectivity index (χ4v) is 2.33. The second-order valence-electron chi connectivity index (χ2n) is 6.61. The molecule has 24 heavy (non-hydrogen) atoms. The highest BCUT2D eigenvalue weighted by molar-refractivity contribution is 5.78. The molecule has 0 spiro atoms. The van der Waals surface area contributed by atoms with Gasteiger partial charge in [-0.1, -0.05) is 30.3 Å². The van der Waals surface area contributed by atoms with Gasteiger partial charge in [0.1, 0.15) is 12.0 Å². The molecular weight excluding hydrogens is 302 g/mol. The van der Waals surface area contributed by atoms with Gasteiger partial charge in [0.15, 0.2) is 6.61 Å². The summed E-state index contributed by atoms with van der Waals surface area (Å²) in [5, 5.41) is 0. The van der Waals surface area contributed by atoms with Crippen molar-refractivity contribution in [2.45, 2.75) is 32.9 Å². The molecule has 0 aromatic heterocycles. The number of carbonyl (C=O) groups is 2. The van der Waals surface area contributed by atoms with Crippen molar-refractivity contribution in [3.63, 3.8) is 0 Å². The third kappa shape index (κ3) is 4.95. The monoisotopic (exact) mass is 325 g/mol. The minimum atomic E-state index is -0.308. The SMILES string of the molecule is CC(C)(C)N(Cc1ccccc1)C(=O)COc1ccc(C=O)cc1. The summed E-state index contributed by atoms with van der Waals surface area (Å²) in [7, 11) is 0. The van der Waals surface area contributed by atoms with Crippen LogP contribution in [0.1, 0.15) is 36.7 Å². The first-order valence-electron chi connectivity index (χ1n) is 7.92. The Hall–Kier alpha value is -2.62. The predicted octanol–water partition coefficient (Wildman–Crippen LogP) is 3.71. The first-order valence-corrected chi connectivity index (χ1v) is 7.92. The summed E-state index contributed by atoms with van der Waals surface area (Å²) in [6.45, 7) is 6.52. The van der Waals surface area contributed by atoms with Crippen molar-refractivity contribution in [2.24, 2.45) is 0 Å². The molecule has 0 saturated heterocycles. The molecule has 2 rings (SSSR count). The van der Waals surface area contributed by atoms with E-state index in [9.17, 15) is 9.59 Å². The van der Waals surface area contributed by atoms with E-state index in [0.717, 1.165) is 11.8 Å². The summed E-state index contributed by atoms with van der Waals surface area (Å²) in [5.74, 6) is 0.494. The molecular formula is C20H23NO3. The van der Waals surface area contributed by atoms with Crippen LogP contribution in [0.3, 0.4) is 0 Å². The number of nitrogens with zero attached hydrogens (tertiary/aromatic N) is 1. The van der Waals surface area contributed by atoms with Gasteiger partial charge in [-0.15, -0.1) is 0 Å². The maximum atomic E-state index is 12.6. The molecule has 4 nitrogen and oxygen atoms in total. The van der Waals surface area contributed by atoms with Crippen LogP contribution in [-0.4, -0.2) is 29.2 Å². The molecule has 0 N–H and O–H groups in total. The largest absolute Gasteiger partial charge is 0.484 e. The minimum Gasteiger partial charge on any atom is -0.484 e. The van der Waals surface area contributed by atoms with Crippen LogP contribution >= 0.6 is 0 Å². The third-order valence-electron chi connectivity index (χ3n) is 3.67. The fraction of sp³-hybridized carbons (Fsp3) is 0.300. The van der Waals surface area contributed by atoms with Gasteiger partial charge in [0, 0.05) is 17.6 Å². The second kappa shape index (κ2) is 7.77. The number of carbonyl (C=O) groups excluding carboxylic acids is 2. The Morgan fingerprint density at radius 3 is 2.21 bits per heavy atom. The Morgan fingerprint density at radius 2 is 1.67 bits per heavy atom. The van der Waals surface area contributed by atoms with Gasteiger partial charge in [-0.25, -0.2) is 0 Å². The van der Waals surface area contributed by atoms with E-state index in [1.165, 1.54) is 0 Å². The molecule has 0 atom stereocenters. The highest BCUT2D eigenvalue weighted by Gasteiger charge is 2.26. The zero-order chi connectivity index (χ0) is 17.6. The van der Waals surface area contributed by atoms with Crippen molar-refractivity contribution in [3.05, 3.63) is 65.7 Å². The average molecular weight is 325 g/mol. The first kappa shape index (κ1) is 17.7. The lowest BCUT2D eigenvalue weighted by Crippen LogP contribution is -2.47. The third-order valence-corrected chi connectivity index (χ3v) is 3.67. The Morgan fingerprint density at radius 1 is 1.04 bits per heavy atom. The Labute approximate surface area is 143 Å².